The number of halogens is 1. The molecule has 7 nitrogen and oxygen atoms in total. The average Bonchev–Trinajstić information content (AvgIpc) is 3.10. The molecule has 0 spiro atoms. The quantitative estimate of drug-likeness (QED) is 0.685. The van der Waals surface area contributed by atoms with E-state index >= 15 is 0 Å². The summed E-state index contributed by atoms with van der Waals surface area (Å²) in [5, 5.41) is 8.02. The van der Waals surface area contributed by atoms with Crippen molar-refractivity contribution in [2.75, 3.05) is 25.5 Å². The highest BCUT2D eigenvalue weighted by molar-refractivity contribution is 9.10. The Morgan fingerprint density at radius 3 is 2.70 bits per heavy atom. The van der Waals surface area contributed by atoms with Crippen molar-refractivity contribution in [2.24, 2.45) is 0 Å². The highest BCUT2D eigenvalue weighted by Crippen LogP contribution is 2.27. The molecule has 0 saturated carbocycles. The van der Waals surface area contributed by atoms with Gasteiger partial charge in [-0.05, 0) is 28.8 Å². The number of methoxy groups -OCH3 is 1. The normalized spacial score (nSPS) is 15.1. The molecule has 3 heterocycles. The fourth-order valence-electron chi connectivity index (χ4n) is 3.34. The number of nitrogens with one attached hydrogen (secondary N) is 1. The zero-order chi connectivity index (χ0) is 18.8. The molecular formula is C19H20BrN5O2. The van der Waals surface area contributed by atoms with Gasteiger partial charge in [0, 0.05) is 30.8 Å². The van der Waals surface area contributed by atoms with Gasteiger partial charge in [0.1, 0.15) is 5.82 Å². The molecular weight excluding hydrogens is 410 g/mol. The number of hydrogen-bond donors (Lipinski definition) is 1. The van der Waals surface area contributed by atoms with Gasteiger partial charge in [-0.1, -0.05) is 30.3 Å². The van der Waals surface area contributed by atoms with Gasteiger partial charge in [-0.3, -0.25) is 0 Å². The molecule has 0 atom stereocenters. The third kappa shape index (κ3) is 3.62. The Hall–Kier alpha value is -2.61. The van der Waals surface area contributed by atoms with Crippen LogP contribution in [0.4, 0.5) is 10.6 Å². The first-order chi connectivity index (χ1) is 13.2. The first kappa shape index (κ1) is 17.8. The van der Waals surface area contributed by atoms with E-state index in [1.54, 1.807) is 11.1 Å². The molecule has 4 rings (SSSR count). The van der Waals surface area contributed by atoms with Crippen molar-refractivity contribution < 1.29 is 9.53 Å². The number of anilines is 1. The van der Waals surface area contributed by atoms with E-state index in [0.717, 1.165) is 40.0 Å². The van der Waals surface area contributed by atoms with E-state index in [9.17, 15) is 4.79 Å². The molecule has 1 aliphatic rings. The maximum atomic E-state index is 11.7. The number of fused-ring (bicyclic) bond motifs is 1. The summed E-state index contributed by atoms with van der Waals surface area (Å²) in [6, 6.07) is 12.4. The molecule has 0 radical (unpaired) electrons. The lowest BCUT2D eigenvalue weighted by atomic mass is 10.1. The third-order valence-electron chi connectivity index (χ3n) is 4.78. The first-order valence-corrected chi connectivity index (χ1v) is 9.64. The summed E-state index contributed by atoms with van der Waals surface area (Å²) in [6.45, 7) is 1.35. The second-order valence-electron chi connectivity index (χ2n) is 6.50. The van der Waals surface area contributed by atoms with Crippen LogP contribution in [-0.2, 0) is 4.74 Å². The number of ether oxygens (including phenoxy) is 1. The molecule has 140 valence electrons. The van der Waals surface area contributed by atoms with Crippen LogP contribution in [0.25, 0.3) is 16.9 Å². The number of amides is 1. The monoisotopic (exact) mass is 429 g/mol. The zero-order valence-corrected chi connectivity index (χ0v) is 16.5. The summed E-state index contributed by atoms with van der Waals surface area (Å²) in [4.78, 5) is 18.2. The van der Waals surface area contributed by atoms with Gasteiger partial charge < -0.3 is 15.0 Å². The van der Waals surface area contributed by atoms with Gasteiger partial charge >= 0.3 is 6.09 Å². The van der Waals surface area contributed by atoms with Crippen LogP contribution in [-0.4, -0.2) is 51.8 Å². The molecule has 1 fully saturated rings. The van der Waals surface area contributed by atoms with E-state index in [0.29, 0.717) is 13.1 Å². The van der Waals surface area contributed by atoms with Crippen LogP contribution in [0.1, 0.15) is 12.8 Å². The van der Waals surface area contributed by atoms with E-state index in [1.165, 1.54) is 7.11 Å². The van der Waals surface area contributed by atoms with Crippen molar-refractivity contribution in [1.82, 2.24) is 19.5 Å². The Kier molecular flexibility index (Phi) is 4.98. The molecule has 1 N–H and O–H groups in total. The van der Waals surface area contributed by atoms with Gasteiger partial charge in [0.25, 0.3) is 0 Å². The van der Waals surface area contributed by atoms with Gasteiger partial charge in [0.05, 0.1) is 23.5 Å². The summed E-state index contributed by atoms with van der Waals surface area (Å²) in [7, 11) is 1.42. The molecule has 3 aromatic rings. The lowest BCUT2D eigenvalue weighted by Crippen LogP contribution is -2.42. The van der Waals surface area contributed by atoms with Crippen molar-refractivity contribution in [1.29, 1.82) is 0 Å². The number of hydrogen-bond acceptors (Lipinski definition) is 5. The van der Waals surface area contributed by atoms with Crippen LogP contribution in [0.15, 0.2) is 47.1 Å². The van der Waals surface area contributed by atoms with E-state index < -0.39 is 0 Å². The lowest BCUT2D eigenvalue weighted by Gasteiger charge is -2.31. The second-order valence-corrected chi connectivity index (χ2v) is 7.35. The highest BCUT2D eigenvalue weighted by Gasteiger charge is 2.24. The maximum absolute atomic E-state index is 11.7. The van der Waals surface area contributed by atoms with Crippen molar-refractivity contribution >= 4 is 33.5 Å². The summed E-state index contributed by atoms with van der Waals surface area (Å²) >= 11 is 3.53. The Morgan fingerprint density at radius 1 is 1.26 bits per heavy atom. The van der Waals surface area contributed by atoms with Crippen LogP contribution in [0, 0.1) is 0 Å². The predicted molar refractivity (Wildman–Crippen MR) is 107 cm³/mol. The van der Waals surface area contributed by atoms with Crippen molar-refractivity contribution in [3.8, 4) is 11.3 Å². The highest BCUT2D eigenvalue weighted by atomic mass is 79.9. The van der Waals surface area contributed by atoms with Crippen LogP contribution in [0.5, 0.6) is 0 Å². The number of nitrogens with zero attached hydrogens (tertiary/aromatic N) is 4. The number of aromatic nitrogens is 3. The van der Waals surface area contributed by atoms with E-state index in [-0.39, 0.29) is 12.1 Å². The smallest absolute Gasteiger partial charge is 0.409 e. The molecule has 8 heteroatoms. The number of carbonyl (C=O) groups is 1. The Balaban J connectivity index is 1.61. The number of rotatable bonds is 3. The van der Waals surface area contributed by atoms with Crippen LogP contribution in [0.3, 0.4) is 0 Å². The van der Waals surface area contributed by atoms with E-state index in [1.807, 2.05) is 40.9 Å². The van der Waals surface area contributed by atoms with Gasteiger partial charge in [0.2, 0.25) is 0 Å². The van der Waals surface area contributed by atoms with Crippen LogP contribution in [0.2, 0.25) is 0 Å². The maximum Gasteiger partial charge on any atom is 0.409 e. The van der Waals surface area contributed by atoms with E-state index in [2.05, 4.69) is 26.3 Å². The number of piperidine rings is 1. The zero-order valence-electron chi connectivity index (χ0n) is 14.9. The van der Waals surface area contributed by atoms with E-state index in [4.69, 9.17) is 9.72 Å². The number of benzene rings is 1. The minimum absolute atomic E-state index is 0.253. The Morgan fingerprint density at radius 2 is 2.00 bits per heavy atom. The van der Waals surface area contributed by atoms with Crippen molar-refractivity contribution in [2.45, 2.75) is 18.9 Å². The number of carbonyl (C=O) groups excluding carboxylic acids is 1. The summed E-state index contributed by atoms with van der Waals surface area (Å²) < 4.78 is 7.47. The number of likely N-dealkylation sites (tertiary alicyclic amines) is 1. The standard InChI is InChI=1S/C19H20BrN5O2/c1-27-19(26)24-9-7-14(8-10-24)22-17-11-16(13-5-3-2-4-6-13)23-18-15(20)12-21-25(17)18/h2-6,11-12,14,22H,7-10H2,1H3. The summed E-state index contributed by atoms with van der Waals surface area (Å²) in [5.74, 6) is 0.890. The fourth-order valence-corrected chi connectivity index (χ4v) is 3.69. The molecule has 0 unspecified atom stereocenters. The lowest BCUT2D eigenvalue weighted by molar-refractivity contribution is 0.113. The largest absolute Gasteiger partial charge is 0.453 e. The fraction of sp³-hybridized carbons (Fsp3) is 0.316. The van der Waals surface area contributed by atoms with Crippen LogP contribution >= 0.6 is 15.9 Å². The van der Waals surface area contributed by atoms with Gasteiger partial charge in [0.15, 0.2) is 5.65 Å². The first-order valence-electron chi connectivity index (χ1n) is 8.85. The second kappa shape index (κ2) is 7.56. The molecule has 2 aromatic heterocycles. The molecule has 1 aromatic carbocycles. The predicted octanol–water partition coefficient (Wildman–Crippen LogP) is 3.80. The molecule has 27 heavy (non-hydrogen) atoms. The summed E-state index contributed by atoms with van der Waals surface area (Å²) in [6.07, 6.45) is 3.19. The van der Waals surface area contributed by atoms with Crippen molar-refractivity contribution in [3.63, 3.8) is 0 Å². The minimum Gasteiger partial charge on any atom is -0.453 e. The Bertz CT molecular complexity index is 951. The average molecular weight is 430 g/mol. The minimum atomic E-state index is -0.262. The molecule has 1 amide bonds. The summed E-state index contributed by atoms with van der Waals surface area (Å²) in [5.41, 5.74) is 2.71. The topological polar surface area (TPSA) is 71.8 Å². The molecule has 0 bridgehead atoms. The molecule has 1 aliphatic heterocycles. The van der Waals surface area contributed by atoms with Crippen LogP contribution < -0.4 is 5.32 Å². The SMILES string of the molecule is COC(=O)N1CCC(Nc2cc(-c3ccccc3)nc3c(Br)cnn23)CC1. The Labute approximate surface area is 165 Å². The van der Waals surface area contributed by atoms with Gasteiger partial charge in [-0.25, -0.2) is 9.78 Å². The molecule has 1 saturated heterocycles. The van der Waals surface area contributed by atoms with Crippen molar-refractivity contribution in [3.05, 3.63) is 47.1 Å². The molecule has 0 aliphatic carbocycles. The van der Waals surface area contributed by atoms with Gasteiger partial charge in [-0.2, -0.15) is 9.61 Å². The third-order valence-corrected chi connectivity index (χ3v) is 5.34. The van der Waals surface area contributed by atoms with Gasteiger partial charge in [-0.15, -0.1) is 0 Å².